The lowest BCUT2D eigenvalue weighted by Gasteiger charge is -2.16. The summed E-state index contributed by atoms with van der Waals surface area (Å²) in [6.07, 6.45) is -3.68. The molecule has 0 fully saturated rings. The Kier molecular flexibility index (Phi) is 4.79. The quantitative estimate of drug-likeness (QED) is 0.914. The number of pyridine rings is 1. The van der Waals surface area contributed by atoms with Crippen LogP contribution in [-0.4, -0.2) is 16.1 Å². The Balaban J connectivity index is 3.16. The topological polar surface area (TPSA) is 50.2 Å². The number of rotatable bonds is 4. The predicted molar refractivity (Wildman–Crippen MR) is 64.1 cm³/mol. The fraction of sp³-hybridized carbons (Fsp3) is 0.500. The Morgan fingerprint density at radius 3 is 2.42 bits per heavy atom. The van der Waals surface area contributed by atoms with E-state index in [9.17, 15) is 18.0 Å². The van der Waals surface area contributed by atoms with Gasteiger partial charge >= 0.3 is 12.1 Å². The molecule has 0 radical (unpaired) electrons. The molecule has 0 aliphatic heterocycles. The van der Waals surface area contributed by atoms with Gasteiger partial charge in [0.25, 0.3) is 0 Å². The molecule has 106 valence electrons. The zero-order valence-corrected chi connectivity index (χ0v) is 11.1. The minimum atomic E-state index is -4.55. The van der Waals surface area contributed by atoms with Crippen molar-refractivity contribution < 1.29 is 23.1 Å². The summed E-state index contributed by atoms with van der Waals surface area (Å²) >= 11 is 5.73. The normalized spacial score (nSPS) is 13.6. The van der Waals surface area contributed by atoms with Gasteiger partial charge in [0.05, 0.1) is 16.3 Å². The highest BCUT2D eigenvalue weighted by Crippen LogP contribution is 2.34. The van der Waals surface area contributed by atoms with Gasteiger partial charge in [-0.15, -0.1) is 0 Å². The second-order valence-corrected chi connectivity index (χ2v) is 5.02. The monoisotopic (exact) mass is 295 g/mol. The zero-order chi connectivity index (χ0) is 14.8. The maximum atomic E-state index is 12.5. The third-order valence-corrected chi connectivity index (χ3v) is 2.83. The number of nitrogens with zero attached hydrogens (tertiary/aromatic N) is 1. The van der Waals surface area contributed by atoms with E-state index in [1.165, 1.54) is 0 Å². The van der Waals surface area contributed by atoms with Gasteiger partial charge in [-0.25, -0.2) is 0 Å². The number of hydrogen-bond donors (Lipinski definition) is 1. The van der Waals surface area contributed by atoms with Crippen LogP contribution in [0.1, 0.15) is 37.4 Å². The van der Waals surface area contributed by atoms with Crippen molar-refractivity contribution in [1.29, 1.82) is 0 Å². The van der Waals surface area contributed by atoms with E-state index < -0.39 is 23.6 Å². The van der Waals surface area contributed by atoms with Gasteiger partial charge in [0.15, 0.2) is 0 Å². The van der Waals surface area contributed by atoms with Crippen LogP contribution in [0, 0.1) is 5.92 Å². The number of carboxylic acids is 1. The van der Waals surface area contributed by atoms with Crippen molar-refractivity contribution in [2.24, 2.45) is 5.92 Å². The maximum Gasteiger partial charge on any atom is 0.417 e. The molecule has 1 atom stereocenters. The molecule has 0 aliphatic rings. The minimum Gasteiger partial charge on any atom is -0.481 e. The van der Waals surface area contributed by atoms with Crippen molar-refractivity contribution in [2.45, 2.75) is 32.4 Å². The van der Waals surface area contributed by atoms with Gasteiger partial charge in [0.2, 0.25) is 0 Å². The van der Waals surface area contributed by atoms with E-state index in [4.69, 9.17) is 16.7 Å². The molecule has 1 aromatic rings. The van der Waals surface area contributed by atoms with Crippen LogP contribution >= 0.6 is 11.6 Å². The van der Waals surface area contributed by atoms with Gasteiger partial charge in [0.1, 0.15) is 5.92 Å². The summed E-state index contributed by atoms with van der Waals surface area (Å²) < 4.78 is 37.4. The number of hydrogen-bond acceptors (Lipinski definition) is 2. The van der Waals surface area contributed by atoms with E-state index in [0.29, 0.717) is 12.3 Å². The third-order valence-electron chi connectivity index (χ3n) is 2.53. The molecule has 0 saturated heterocycles. The summed E-state index contributed by atoms with van der Waals surface area (Å²) in [6.45, 7) is 3.63. The Morgan fingerprint density at radius 1 is 1.47 bits per heavy atom. The summed E-state index contributed by atoms with van der Waals surface area (Å²) in [5.41, 5.74) is -1.02. The summed E-state index contributed by atoms with van der Waals surface area (Å²) in [5.74, 6) is -2.10. The lowest BCUT2D eigenvalue weighted by molar-refractivity contribution is -0.139. The summed E-state index contributed by atoms with van der Waals surface area (Å²) in [6, 6.07) is 0.708. The highest BCUT2D eigenvalue weighted by Gasteiger charge is 2.33. The number of alkyl halides is 3. The van der Waals surface area contributed by atoms with Crippen molar-refractivity contribution >= 4 is 17.6 Å². The fourth-order valence-corrected chi connectivity index (χ4v) is 1.96. The van der Waals surface area contributed by atoms with Gasteiger partial charge in [0, 0.05) is 6.20 Å². The van der Waals surface area contributed by atoms with E-state index in [2.05, 4.69) is 4.98 Å². The SMILES string of the molecule is CC(C)CC(C(=O)O)c1ncc(C(F)(F)F)cc1Cl. The number of aromatic nitrogens is 1. The lowest BCUT2D eigenvalue weighted by Crippen LogP contribution is -2.17. The van der Waals surface area contributed by atoms with E-state index in [0.717, 1.165) is 0 Å². The van der Waals surface area contributed by atoms with Crippen molar-refractivity contribution in [3.63, 3.8) is 0 Å². The van der Waals surface area contributed by atoms with Gasteiger partial charge in [-0.1, -0.05) is 25.4 Å². The first-order valence-corrected chi connectivity index (χ1v) is 5.96. The molecule has 1 unspecified atom stereocenters. The molecular formula is C12H13ClF3NO2. The van der Waals surface area contributed by atoms with E-state index in [1.54, 1.807) is 0 Å². The molecule has 1 rings (SSSR count). The summed E-state index contributed by atoms with van der Waals surface area (Å²) in [7, 11) is 0. The zero-order valence-electron chi connectivity index (χ0n) is 10.3. The highest BCUT2D eigenvalue weighted by molar-refractivity contribution is 6.31. The van der Waals surface area contributed by atoms with Crippen molar-refractivity contribution in [3.8, 4) is 0 Å². The molecule has 0 aromatic carbocycles. The van der Waals surface area contributed by atoms with Crippen LogP contribution in [-0.2, 0) is 11.0 Å². The standard InChI is InChI=1S/C12H13ClF3NO2/c1-6(2)3-8(11(18)19)10-9(13)4-7(5-17-10)12(14,15)16/h4-6,8H,3H2,1-2H3,(H,18,19). The molecule has 7 heteroatoms. The first-order chi connectivity index (χ1) is 8.62. The molecule has 0 aliphatic carbocycles. The van der Waals surface area contributed by atoms with Crippen LogP contribution in [0.25, 0.3) is 0 Å². The van der Waals surface area contributed by atoms with Crippen LogP contribution in [0.4, 0.5) is 13.2 Å². The second-order valence-electron chi connectivity index (χ2n) is 4.61. The minimum absolute atomic E-state index is 0.0316. The molecule has 1 aromatic heterocycles. The fourth-order valence-electron chi connectivity index (χ4n) is 1.66. The predicted octanol–water partition coefficient (Wildman–Crippen LogP) is 3.97. The Morgan fingerprint density at radius 2 is 2.05 bits per heavy atom. The maximum absolute atomic E-state index is 12.5. The average Bonchev–Trinajstić information content (AvgIpc) is 2.24. The van der Waals surface area contributed by atoms with E-state index in [-0.39, 0.29) is 23.1 Å². The van der Waals surface area contributed by atoms with E-state index >= 15 is 0 Å². The highest BCUT2D eigenvalue weighted by atomic mass is 35.5. The first-order valence-electron chi connectivity index (χ1n) is 5.58. The first kappa shape index (κ1) is 15.8. The Labute approximate surface area is 113 Å². The molecule has 0 amide bonds. The summed E-state index contributed by atoms with van der Waals surface area (Å²) in [5, 5.41) is 8.83. The van der Waals surface area contributed by atoms with Crippen molar-refractivity contribution in [2.75, 3.05) is 0 Å². The third kappa shape index (κ3) is 4.09. The molecule has 0 spiro atoms. The number of carboxylic acid groups (broad SMARTS) is 1. The molecule has 3 nitrogen and oxygen atoms in total. The Hall–Kier alpha value is -1.30. The molecule has 1 heterocycles. The number of halogens is 4. The van der Waals surface area contributed by atoms with Gasteiger partial charge in [-0.05, 0) is 18.4 Å². The van der Waals surface area contributed by atoms with Crippen molar-refractivity contribution in [3.05, 3.63) is 28.5 Å². The Bertz CT molecular complexity index is 475. The summed E-state index contributed by atoms with van der Waals surface area (Å²) in [4.78, 5) is 14.7. The van der Waals surface area contributed by atoms with Crippen LogP contribution in [0.15, 0.2) is 12.3 Å². The van der Waals surface area contributed by atoms with Crippen LogP contribution in [0.2, 0.25) is 5.02 Å². The van der Waals surface area contributed by atoms with Crippen LogP contribution in [0.5, 0.6) is 0 Å². The molecule has 0 saturated carbocycles. The number of carbonyl (C=O) groups is 1. The van der Waals surface area contributed by atoms with Gasteiger partial charge < -0.3 is 5.11 Å². The molecule has 19 heavy (non-hydrogen) atoms. The average molecular weight is 296 g/mol. The second kappa shape index (κ2) is 5.77. The number of aliphatic carboxylic acids is 1. The smallest absolute Gasteiger partial charge is 0.417 e. The lowest BCUT2D eigenvalue weighted by atomic mass is 9.93. The van der Waals surface area contributed by atoms with Crippen LogP contribution in [0.3, 0.4) is 0 Å². The molecule has 0 bridgehead atoms. The largest absolute Gasteiger partial charge is 0.481 e. The molecule has 1 N–H and O–H groups in total. The van der Waals surface area contributed by atoms with Crippen LogP contribution < -0.4 is 0 Å². The molecular weight excluding hydrogens is 283 g/mol. The van der Waals surface area contributed by atoms with Gasteiger partial charge in [-0.2, -0.15) is 13.2 Å². The van der Waals surface area contributed by atoms with E-state index in [1.807, 2.05) is 13.8 Å². The van der Waals surface area contributed by atoms with Crippen molar-refractivity contribution in [1.82, 2.24) is 4.98 Å². The van der Waals surface area contributed by atoms with Gasteiger partial charge in [-0.3, -0.25) is 9.78 Å².